The molecule has 0 aromatic rings. The highest BCUT2D eigenvalue weighted by Gasteiger charge is 2.36. The summed E-state index contributed by atoms with van der Waals surface area (Å²) < 4.78 is 20.9. The van der Waals surface area contributed by atoms with E-state index in [-0.39, 0.29) is 0 Å². The summed E-state index contributed by atoms with van der Waals surface area (Å²) in [4.78, 5) is 115. The fourth-order valence-corrected chi connectivity index (χ4v) is 4.09. The first-order valence-corrected chi connectivity index (χ1v) is 16.6. The van der Waals surface area contributed by atoms with E-state index in [9.17, 15) is 48.3 Å². The van der Waals surface area contributed by atoms with E-state index in [0.29, 0.717) is 0 Å². The minimum Gasteiger partial charge on any atom is -0.480 e. The number of carboxylic acids is 1. The van der Waals surface area contributed by atoms with Gasteiger partial charge >= 0.3 is 29.8 Å². The van der Waals surface area contributed by atoms with E-state index < -0.39 is 126 Å². The predicted molar refractivity (Wildman–Crippen MR) is 183 cm³/mol. The Morgan fingerprint density at radius 1 is 0.423 bits per heavy atom. The quantitative estimate of drug-likeness (QED) is 0.109. The van der Waals surface area contributed by atoms with Gasteiger partial charge in [0.2, 0.25) is 23.6 Å². The molecule has 0 bridgehead atoms. The number of hydrogen-bond donors (Lipinski definition) is 5. The molecule has 0 aromatic carbocycles. The van der Waals surface area contributed by atoms with Crippen LogP contribution in [-0.2, 0) is 62.1 Å². The van der Waals surface area contributed by atoms with Crippen LogP contribution in [0.3, 0.4) is 0 Å². The molecule has 18 heteroatoms. The van der Waals surface area contributed by atoms with Crippen molar-refractivity contribution in [3.63, 3.8) is 0 Å². The molecule has 0 saturated carbocycles. The molecule has 5 N–H and O–H groups in total. The Bertz CT molecular complexity index is 1350. The summed E-state index contributed by atoms with van der Waals surface area (Å²) >= 11 is 0. The van der Waals surface area contributed by atoms with Crippen molar-refractivity contribution in [3.8, 4) is 0 Å². The van der Waals surface area contributed by atoms with Gasteiger partial charge in [0.15, 0.2) is 0 Å². The molecule has 4 atom stereocenters. The summed E-state index contributed by atoms with van der Waals surface area (Å²) in [6, 6.07) is -7.13. The smallest absolute Gasteiger partial charge is 0.326 e. The van der Waals surface area contributed by atoms with Crippen LogP contribution in [0.1, 0.15) is 116 Å². The van der Waals surface area contributed by atoms with Crippen LogP contribution in [0.2, 0.25) is 0 Å². The summed E-state index contributed by atoms with van der Waals surface area (Å²) in [5, 5.41) is 18.6. The van der Waals surface area contributed by atoms with Crippen LogP contribution < -0.4 is 21.3 Å². The summed E-state index contributed by atoms with van der Waals surface area (Å²) in [6.45, 7) is 19.7. The number of carbonyl (C=O) groups excluding carboxylic acids is 8. The lowest BCUT2D eigenvalue weighted by molar-refractivity contribution is -0.160. The van der Waals surface area contributed by atoms with Crippen LogP contribution in [0.15, 0.2) is 0 Å². The second-order valence-corrected chi connectivity index (χ2v) is 15.9. The van der Waals surface area contributed by atoms with Crippen molar-refractivity contribution >= 4 is 53.5 Å². The zero-order chi connectivity index (χ0) is 41.0. The SMILES string of the molecule is CC(=O)NC(CC(=O)OC(C)(C)C)C(=O)NC(CC(=O)OC(C)(C)C)C(=O)NC(CC(=O)OC(C)(C)C)C(=O)NC(CC(=O)OC(C)(C)C)C(=O)O. The van der Waals surface area contributed by atoms with Gasteiger partial charge in [0.1, 0.15) is 46.6 Å². The van der Waals surface area contributed by atoms with Crippen molar-refractivity contribution in [1.29, 1.82) is 0 Å². The standard InChI is InChI=1S/C34H56N4O14/c1-18(39)35-19(14-23(40)49-31(2,3)4)27(44)36-20(15-24(41)50-32(5,6)7)28(45)37-21(16-25(42)51-33(8,9)10)29(46)38-22(30(47)48)17-26(43)52-34(11,12)13/h19-22H,14-17H2,1-13H3,(H,35,39)(H,36,44)(H,37,45)(H,38,46)(H,47,48). The Morgan fingerprint density at radius 2 is 0.635 bits per heavy atom. The molecule has 296 valence electrons. The zero-order valence-corrected chi connectivity index (χ0v) is 32.4. The third-order valence-electron chi connectivity index (χ3n) is 5.74. The molecule has 0 heterocycles. The number of amides is 4. The topological polar surface area (TPSA) is 259 Å². The van der Waals surface area contributed by atoms with Gasteiger partial charge in [-0.15, -0.1) is 0 Å². The number of ether oxygens (including phenoxy) is 4. The van der Waals surface area contributed by atoms with Crippen molar-refractivity contribution < 1.29 is 67.2 Å². The largest absolute Gasteiger partial charge is 0.480 e. The lowest BCUT2D eigenvalue weighted by atomic mass is 10.1. The summed E-state index contributed by atoms with van der Waals surface area (Å²) in [7, 11) is 0. The first-order chi connectivity index (χ1) is 23.3. The van der Waals surface area contributed by atoms with E-state index in [2.05, 4.69) is 21.3 Å². The number of rotatable bonds is 16. The van der Waals surface area contributed by atoms with Gasteiger partial charge in [0.05, 0.1) is 25.7 Å². The van der Waals surface area contributed by atoms with Crippen LogP contribution in [0.25, 0.3) is 0 Å². The predicted octanol–water partition coefficient (Wildman–Crippen LogP) is 0.957. The van der Waals surface area contributed by atoms with E-state index in [0.717, 1.165) is 6.92 Å². The van der Waals surface area contributed by atoms with Gasteiger partial charge in [-0.2, -0.15) is 0 Å². The fraction of sp³-hybridized carbons (Fsp3) is 0.735. The first kappa shape index (κ1) is 47.2. The first-order valence-electron chi connectivity index (χ1n) is 16.6. The Kier molecular flexibility index (Phi) is 17.4. The number of hydrogen-bond acceptors (Lipinski definition) is 13. The zero-order valence-electron chi connectivity index (χ0n) is 32.4. The Morgan fingerprint density at radius 3 is 0.846 bits per heavy atom. The van der Waals surface area contributed by atoms with E-state index in [1.54, 1.807) is 62.3 Å². The average Bonchev–Trinajstić information content (AvgIpc) is 2.86. The van der Waals surface area contributed by atoms with Crippen LogP contribution in [-0.4, -0.2) is 105 Å². The van der Waals surface area contributed by atoms with Crippen LogP contribution in [0, 0.1) is 0 Å². The van der Waals surface area contributed by atoms with Gasteiger partial charge in [-0.05, 0) is 83.1 Å². The number of carbonyl (C=O) groups is 9. The molecule has 0 fully saturated rings. The molecule has 0 saturated heterocycles. The molecule has 0 aromatic heterocycles. The van der Waals surface area contributed by atoms with Gasteiger partial charge in [0, 0.05) is 6.92 Å². The van der Waals surface area contributed by atoms with Crippen molar-refractivity contribution in [2.45, 2.75) is 162 Å². The monoisotopic (exact) mass is 744 g/mol. The summed E-state index contributed by atoms with van der Waals surface area (Å²) in [5.74, 6) is -9.72. The molecule has 0 radical (unpaired) electrons. The Labute approximate surface area is 304 Å². The minimum atomic E-state index is -1.87. The summed E-state index contributed by atoms with van der Waals surface area (Å²) in [6.07, 6.45) is -3.16. The summed E-state index contributed by atoms with van der Waals surface area (Å²) in [5.41, 5.74) is -3.99. The normalized spacial score (nSPS) is 14.2. The van der Waals surface area contributed by atoms with E-state index in [4.69, 9.17) is 18.9 Å². The Balaban J connectivity index is 6.64. The molecule has 0 spiro atoms. The second-order valence-electron chi connectivity index (χ2n) is 15.9. The maximum atomic E-state index is 13.7. The molecule has 0 aliphatic heterocycles. The third-order valence-corrected chi connectivity index (χ3v) is 5.74. The molecule has 52 heavy (non-hydrogen) atoms. The fourth-order valence-electron chi connectivity index (χ4n) is 4.09. The molecular weight excluding hydrogens is 688 g/mol. The maximum absolute atomic E-state index is 13.7. The van der Waals surface area contributed by atoms with Gasteiger partial charge in [0.25, 0.3) is 0 Å². The lowest BCUT2D eigenvalue weighted by Gasteiger charge is -2.27. The van der Waals surface area contributed by atoms with Crippen molar-refractivity contribution in [3.05, 3.63) is 0 Å². The highest BCUT2D eigenvalue weighted by molar-refractivity contribution is 5.98. The molecule has 4 amide bonds. The number of nitrogens with one attached hydrogen (secondary N) is 4. The average molecular weight is 745 g/mol. The third kappa shape index (κ3) is 22.1. The van der Waals surface area contributed by atoms with E-state index in [1.807, 2.05) is 0 Å². The van der Waals surface area contributed by atoms with Crippen molar-refractivity contribution in [2.75, 3.05) is 0 Å². The number of carboxylic acid groups (broad SMARTS) is 1. The van der Waals surface area contributed by atoms with Crippen LogP contribution >= 0.6 is 0 Å². The van der Waals surface area contributed by atoms with E-state index in [1.165, 1.54) is 20.8 Å². The van der Waals surface area contributed by atoms with Crippen molar-refractivity contribution in [2.24, 2.45) is 0 Å². The molecule has 0 rings (SSSR count). The number of aliphatic carboxylic acids is 1. The highest BCUT2D eigenvalue weighted by atomic mass is 16.6. The molecule has 18 nitrogen and oxygen atoms in total. The molecular formula is C34H56N4O14. The van der Waals surface area contributed by atoms with Crippen molar-refractivity contribution in [1.82, 2.24) is 21.3 Å². The molecule has 0 aliphatic carbocycles. The minimum absolute atomic E-state index is 0.665. The molecule has 0 aliphatic rings. The van der Waals surface area contributed by atoms with Crippen LogP contribution in [0.5, 0.6) is 0 Å². The second kappa shape index (κ2) is 19.2. The van der Waals surface area contributed by atoms with Gasteiger partial charge in [-0.3, -0.25) is 38.4 Å². The highest BCUT2D eigenvalue weighted by Crippen LogP contribution is 2.14. The number of esters is 4. The van der Waals surface area contributed by atoms with E-state index >= 15 is 0 Å². The van der Waals surface area contributed by atoms with Gasteiger partial charge in [-0.25, -0.2) is 4.79 Å². The lowest BCUT2D eigenvalue weighted by Crippen LogP contribution is -2.59. The maximum Gasteiger partial charge on any atom is 0.326 e. The molecule has 4 unspecified atom stereocenters. The van der Waals surface area contributed by atoms with Gasteiger partial charge < -0.3 is 45.3 Å². The van der Waals surface area contributed by atoms with Gasteiger partial charge in [-0.1, -0.05) is 0 Å². The van der Waals surface area contributed by atoms with Crippen LogP contribution in [0.4, 0.5) is 0 Å². The Hall–Kier alpha value is -4.77.